The van der Waals surface area contributed by atoms with Gasteiger partial charge in [0.1, 0.15) is 0 Å². The number of amides is 2. The van der Waals surface area contributed by atoms with Crippen LogP contribution in [0.4, 0.5) is 5.69 Å². The molecule has 0 unspecified atom stereocenters. The first-order chi connectivity index (χ1) is 12.1. The SMILES string of the molecule is C=CC(=O)Nc1cccc(C(=O)N(CCO)Cc2cnn(CC)c2)c1. The molecule has 0 spiro atoms. The second-order valence-corrected chi connectivity index (χ2v) is 5.43. The first kappa shape index (κ1) is 18.4. The van der Waals surface area contributed by atoms with Gasteiger partial charge in [0, 0.05) is 42.6 Å². The van der Waals surface area contributed by atoms with Gasteiger partial charge in [0.25, 0.3) is 5.91 Å². The molecule has 2 amide bonds. The van der Waals surface area contributed by atoms with E-state index < -0.39 is 0 Å². The number of anilines is 1. The van der Waals surface area contributed by atoms with Crippen molar-refractivity contribution in [1.29, 1.82) is 0 Å². The topological polar surface area (TPSA) is 87.5 Å². The van der Waals surface area contributed by atoms with Crippen LogP contribution >= 0.6 is 0 Å². The van der Waals surface area contributed by atoms with Gasteiger partial charge in [-0.15, -0.1) is 0 Å². The Hall–Kier alpha value is -2.93. The minimum atomic E-state index is -0.344. The summed E-state index contributed by atoms with van der Waals surface area (Å²) in [6.45, 7) is 6.55. The van der Waals surface area contributed by atoms with Crippen molar-refractivity contribution >= 4 is 17.5 Å². The maximum atomic E-state index is 12.8. The van der Waals surface area contributed by atoms with Crippen LogP contribution in [0.2, 0.25) is 0 Å². The quantitative estimate of drug-likeness (QED) is 0.714. The first-order valence-corrected chi connectivity index (χ1v) is 8.02. The van der Waals surface area contributed by atoms with Gasteiger partial charge in [-0.3, -0.25) is 14.3 Å². The number of carbonyl (C=O) groups excluding carboxylic acids is 2. The standard InChI is InChI=1S/C18H22N4O3/c1-3-17(24)20-16-7-5-6-15(10-16)18(25)21(8-9-23)12-14-11-19-22(4-2)13-14/h3,5-7,10-11,13,23H,1,4,8-9,12H2,2H3,(H,20,24). The van der Waals surface area contributed by atoms with Crippen molar-refractivity contribution in [3.8, 4) is 0 Å². The van der Waals surface area contributed by atoms with Gasteiger partial charge in [0.05, 0.1) is 12.8 Å². The molecule has 0 aliphatic carbocycles. The minimum Gasteiger partial charge on any atom is -0.395 e. The molecule has 132 valence electrons. The molecule has 0 atom stereocenters. The summed E-state index contributed by atoms with van der Waals surface area (Å²) in [4.78, 5) is 25.7. The zero-order valence-corrected chi connectivity index (χ0v) is 14.2. The van der Waals surface area contributed by atoms with Crippen LogP contribution in [0.15, 0.2) is 49.3 Å². The molecule has 1 heterocycles. The molecule has 0 fully saturated rings. The van der Waals surface area contributed by atoms with Gasteiger partial charge in [0.2, 0.25) is 5.91 Å². The third-order valence-electron chi connectivity index (χ3n) is 3.60. The highest BCUT2D eigenvalue weighted by Gasteiger charge is 2.17. The van der Waals surface area contributed by atoms with Crippen LogP contribution in [0.3, 0.4) is 0 Å². The van der Waals surface area contributed by atoms with E-state index in [1.807, 2.05) is 13.1 Å². The Labute approximate surface area is 146 Å². The largest absolute Gasteiger partial charge is 0.395 e. The Kier molecular flexibility index (Phi) is 6.47. The Morgan fingerprint density at radius 3 is 2.88 bits per heavy atom. The average Bonchev–Trinajstić information content (AvgIpc) is 3.08. The van der Waals surface area contributed by atoms with Crippen LogP contribution in [-0.2, 0) is 17.9 Å². The molecule has 0 radical (unpaired) electrons. The van der Waals surface area contributed by atoms with Gasteiger partial charge in [-0.25, -0.2) is 0 Å². The number of aryl methyl sites for hydroxylation is 1. The fraction of sp³-hybridized carbons (Fsp3) is 0.278. The molecule has 0 aliphatic heterocycles. The highest BCUT2D eigenvalue weighted by atomic mass is 16.3. The van der Waals surface area contributed by atoms with Gasteiger partial charge in [0.15, 0.2) is 0 Å². The molecule has 7 nitrogen and oxygen atoms in total. The molecule has 0 saturated carbocycles. The molecular weight excluding hydrogens is 320 g/mol. The predicted octanol–water partition coefficient (Wildman–Crippen LogP) is 1.66. The summed E-state index contributed by atoms with van der Waals surface area (Å²) in [6.07, 6.45) is 4.75. The average molecular weight is 342 g/mol. The maximum absolute atomic E-state index is 12.8. The van der Waals surface area contributed by atoms with E-state index >= 15 is 0 Å². The first-order valence-electron chi connectivity index (χ1n) is 8.02. The number of nitrogens with one attached hydrogen (secondary N) is 1. The Morgan fingerprint density at radius 1 is 1.44 bits per heavy atom. The summed E-state index contributed by atoms with van der Waals surface area (Å²) in [5.74, 6) is -0.572. The number of aliphatic hydroxyl groups excluding tert-OH is 1. The van der Waals surface area contributed by atoms with Crippen molar-refractivity contribution < 1.29 is 14.7 Å². The second kappa shape index (κ2) is 8.79. The molecule has 1 aromatic heterocycles. The summed E-state index contributed by atoms with van der Waals surface area (Å²) in [5.41, 5.74) is 1.83. The van der Waals surface area contributed by atoms with Crippen LogP contribution in [0.5, 0.6) is 0 Å². The molecule has 2 aromatic rings. The Morgan fingerprint density at radius 2 is 2.24 bits per heavy atom. The van der Waals surface area contributed by atoms with Crippen LogP contribution in [0.1, 0.15) is 22.8 Å². The van der Waals surface area contributed by atoms with E-state index in [-0.39, 0.29) is 25.0 Å². The van der Waals surface area contributed by atoms with E-state index in [0.717, 1.165) is 18.2 Å². The number of aliphatic hydroxyl groups is 1. The molecular formula is C18H22N4O3. The fourth-order valence-corrected chi connectivity index (χ4v) is 2.36. The van der Waals surface area contributed by atoms with Crippen molar-refractivity contribution in [2.45, 2.75) is 20.0 Å². The molecule has 0 bridgehead atoms. The van der Waals surface area contributed by atoms with E-state index in [1.165, 1.54) is 0 Å². The fourth-order valence-electron chi connectivity index (χ4n) is 2.36. The Balaban J connectivity index is 2.17. The van der Waals surface area contributed by atoms with Crippen molar-refractivity contribution in [3.05, 3.63) is 60.4 Å². The molecule has 2 N–H and O–H groups in total. The number of carbonyl (C=O) groups is 2. The number of nitrogens with zero attached hydrogens (tertiary/aromatic N) is 3. The van der Waals surface area contributed by atoms with Crippen molar-refractivity contribution in [2.75, 3.05) is 18.5 Å². The highest BCUT2D eigenvalue weighted by Crippen LogP contribution is 2.15. The number of hydrogen-bond acceptors (Lipinski definition) is 4. The predicted molar refractivity (Wildman–Crippen MR) is 95.0 cm³/mol. The lowest BCUT2D eigenvalue weighted by Gasteiger charge is -2.21. The molecule has 0 saturated heterocycles. The normalized spacial score (nSPS) is 10.3. The Bertz CT molecular complexity index is 754. The summed E-state index contributed by atoms with van der Waals surface area (Å²) >= 11 is 0. The smallest absolute Gasteiger partial charge is 0.254 e. The molecule has 2 rings (SSSR count). The van der Waals surface area contributed by atoms with Gasteiger partial charge < -0.3 is 15.3 Å². The zero-order chi connectivity index (χ0) is 18.2. The van der Waals surface area contributed by atoms with Crippen molar-refractivity contribution in [1.82, 2.24) is 14.7 Å². The van der Waals surface area contributed by atoms with Crippen LogP contribution < -0.4 is 5.32 Å². The molecule has 0 aliphatic rings. The molecule has 7 heteroatoms. The van der Waals surface area contributed by atoms with E-state index in [2.05, 4.69) is 17.0 Å². The summed E-state index contributed by atoms with van der Waals surface area (Å²) in [7, 11) is 0. The number of aromatic nitrogens is 2. The lowest BCUT2D eigenvalue weighted by atomic mass is 10.1. The monoisotopic (exact) mass is 342 g/mol. The number of benzene rings is 1. The third-order valence-corrected chi connectivity index (χ3v) is 3.60. The molecule has 25 heavy (non-hydrogen) atoms. The van der Waals surface area contributed by atoms with E-state index in [1.54, 1.807) is 40.0 Å². The second-order valence-electron chi connectivity index (χ2n) is 5.43. The maximum Gasteiger partial charge on any atom is 0.254 e. The lowest BCUT2D eigenvalue weighted by Crippen LogP contribution is -2.33. The van der Waals surface area contributed by atoms with Gasteiger partial charge in [-0.05, 0) is 31.2 Å². The minimum absolute atomic E-state index is 0.138. The lowest BCUT2D eigenvalue weighted by molar-refractivity contribution is -0.111. The van der Waals surface area contributed by atoms with E-state index in [0.29, 0.717) is 17.8 Å². The highest BCUT2D eigenvalue weighted by molar-refractivity contribution is 6.00. The van der Waals surface area contributed by atoms with Crippen LogP contribution in [0, 0.1) is 0 Å². The van der Waals surface area contributed by atoms with E-state index in [4.69, 9.17) is 0 Å². The van der Waals surface area contributed by atoms with Crippen molar-refractivity contribution in [2.24, 2.45) is 0 Å². The van der Waals surface area contributed by atoms with Crippen LogP contribution in [0.25, 0.3) is 0 Å². The summed E-state index contributed by atoms with van der Waals surface area (Å²) < 4.78 is 1.78. The van der Waals surface area contributed by atoms with Crippen LogP contribution in [-0.4, -0.2) is 44.8 Å². The van der Waals surface area contributed by atoms with Gasteiger partial charge in [-0.1, -0.05) is 12.6 Å². The summed E-state index contributed by atoms with van der Waals surface area (Å²) in [6, 6.07) is 6.66. The third kappa shape index (κ3) is 5.02. The van der Waals surface area contributed by atoms with Gasteiger partial charge >= 0.3 is 0 Å². The van der Waals surface area contributed by atoms with Crippen molar-refractivity contribution in [3.63, 3.8) is 0 Å². The summed E-state index contributed by atoms with van der Waals surface area (Å²) in [5, 5.41) is 16.1. The number of hydrogen-bond donors (Lipinski definition) is 2. The number of rotatable bonds is 8. The molecule has 1 aromatic carbocycles. The van der Waals surface area contributed by atoms with Gasteiger partial charge in [-0.2, -0.15) is 5.10 Å². The zero-order valence-electron chi connectivity index (χ0n) is 14.2. The van der Waals surface area contributed by atoms with E-state index in [9.17, 15) is 14.7 Å².